The predicted octanol–water partition coefficient (Wildman–Crippen LogP) is 2.80. The SMILES string of the molecule is COc1cccc(C[C@@H]2C[C@@H]3CCCCN3O2)c1. The zero-order valence-electron chi connectivity index (χ0n) is 11.0. The molecular weight excluding hydrogens is 226 g/mol. The molecule has 2 heterocycles. The van der Waals surface area contributed by atoms with E-state index in [1.165, 1.54) is 31.2 Å². The van der Waals surface area contributed by atoms with Gasteiger partial charge in [0.25, 0.3) is 0 Å². The topological polar surface area (TPSA) is 21.7 Å². The van der Waals surface area contributed by atoms with Gasteiger partial charge in [-0.3, -0.25) is 4.84 Å². The van der Waals surface area contributed by atoms with Crippen LogP contribution in [-0.2, 0) is 11.3 Å². The minimum Gasteiger partial charge on any atom is -0.497 e. The maximum Gasteiger partial charge on any atom is 0.119 e. The fourth-order valence-electron chi connectivity index (χ4n) is 3.07. The van der Waals surface area contributed by atoms with Gasteiger partial charge in [0.15, 0.2) is 0 Å². The molecule has 0 unspecified atom stereocenters. The summed E-state index contributed by atoms with van der Waals surface area (Å²) >= 11 is 0. The van der Waals surface area contributed by atoms with Crippen molar-refractivity contribution < 1.29 is 9.57 Å². The minimum absolute atomic E-state index is 0.347. The first-order chi connectivity index (χ1) is 8.85. The van der Waals surface area contributed by atoms with Gasteiger partial charge in [-0.25, -0.2) is 0 Å². The number of hydroxylamine groups is 2. The monoisotopic (exact) mass is 247 g/mol. The van der Waals surface area contributed by atoms with E-state index in [-0.39, 0.29) is 0 Å². The first kappa shape index (κ1) is 12.0. The van der Waals surface area contributed by atoms with E-state index in [4.69, 9.17) is 9.57 Å². The number of rotatable bonds is 3. The Balaban J connectivity index is 1.63. The number of fused-ring (bicyclic) bond motifs is 1. The number of hydrogen-bond acceptors (Lipinski definition) is 3. The van der Waals surface area contributed by atoms with E-state index in [2.05, 4.69) is 23.3 Å². The fourth-order valence-corrected chi connectivity index (χ4v) is 3.07. The van der Waals surface area contributed by atoms with Crippen LogP contribution in [0.1, 0.15) is 31.2 Å². The fraction of sp³-hybridized carbons (Fsp3) is 0.600. The van der Waals surface area contributed by atoms with Crippen LogP contribution in [0.2, 0.25) is 0 Å². The Kier molecular flexibility index (Phi) is 3.52. The van der Waals surface area contributed by atoms with E-state index >= 15 is 0 Å². The van der Waals surface area contributed by atoms with Crippen molar-refractivity contribution in [1.82, 2.24) is 5.06 Å². The summed E-state index contributed by atoms with van der Waals surface area (Å²) in [6.45, 7) is 1.11. The molecule has 1 aromatic carbocycles. The normalized spacial score (nSPS) is 28.1. The highest BCUT2D eigenvalue weighted by Gasteiger charge is 2.34. The van der Waals surface area contributed by atoms with Crippen LogP contribution in [0, 0.1) is 0 Å². The maximum absolute atomic E-state index is 6.04. The molecule has 2 atom stereocenters. The van der Waals surface area contributed by atoms with Crippen LogP contribution < -0.4 is 4.74 Å². The summed E-state index contributed by atoms with van der Waals surface area (Å²) in [4.78, 5) is 6.04. The summed E-state index contributed by atoms with van der Waals surface area (Å²) in [6.07, 6.45) is 6.45. The third-order valence-corrected chi connectivity index (χ3v) is 3.99. The number of methoxy groups -OCH3 is 1. The lowest BCUT2D eigenvalue weighted by molar-refractivity contribution is -0.170. The summed E-state index contributed by atoms with van der Waals surface area (Å²) in [6, 6.07) is 8.97. The van der Waals surface area contributed by atoms with Crippen molar-refractivity contribution >= 4 is 0 Å². The van der Waals surface area contributed by atoms with Gasteiger partial charge in [-0.1, -0.05) is 18.6 Å². The predicted molar refractivity (Wildman–Crippen MR) is 70.5 cm³/mol. The van der Waals surface area contributed by atoms with Crippen LogP contribution >= 0.6 is 0 Å². The van der Waals surface area contributed by atoms with Gasteiger partial charge in [0.1, 0.15) is 5.75 Å². The van der Waals surface area contributed by atoms with Crippen molar-refractivity contribution in [3.63, 3.8) is 0 Å². The Labute approximate surface area is 109 Å². The molecule has 2 saturated heterocycles. The van der Waals surface area contributed by atoms with Gasteiger partial charge in [-0.05, 0) is 37.0 Å². The molecule has 2 aliphatic rings. The molecule has 0 bridgehead atoms. The second kappa shape index (κ2) is 5.29. The Morgan fingerprint density at radius 1 is 1.39 bits per heavy atom. The van der Waals surface area contributed by atoms with E-state index in [1.54, 1.807) is 7.11 Å². The number of benzene rings is 1. The summed E-state index contributed by atoms with van der Waals surface area (Å²) in [5, 5.41) is 2.22. The van der Waals surface area contributed by atoms with Crippen LogP contribution in [-0.4, -0.2) is 30.9 Å². The first-order valence-electron chi connectivity index (χ1n) is 6.91. The molecular formula is C15H21NO2. The molecule has 0 amide bonds. The lowest BCUT2D eigenvalue weighted by Crippen LogP contribution is -2.32. The largest absolute Gasteiger partial charge is 0.497 e. The van der Waals surface area contributed by atoms with E-state index in [9.17, 15) is 0 Å². The molecule has 3 rings (SSSR count). The molecule has 2 aliphatic heterocycles. The average Bonchev–Trinajstić information content (AvgIpc) is 2.81. The summed E-state index contributed by atoms with van der Waals surface area (Å²) in [5.41, 5.74) is 1.30. The van der Waals surface area contributed by atoms with Crippen LogP contribution in [0.15, 0.2) is 24.3 Å². The number of piperidine rings is 1. The maximum atomic E-state index is 6.04. The zero-order chi connectivity index (χ0) is 12.4. The van der Waals surface area contributed by atoms with E-state index in [1.807, 2.05) is 6.07 Å². The van der Waals surface area contributed by atoms with Crippen molar-refractivity contribution in [3.8, 4) is 5.75 Å². The third kappa shape index (κ3) is 2.52. The molecule has 98 valence electrons. The smallest absolute Gasteiger partial charge is 0.119 e. The van der Waals surface area contributed by atoms with Gasteiger partial charge in [0.05, 0.1) is 13.2 Å². The van der Waals surface area contributed by atoms with Crippen LogP contribution in [0.25, 0.3) is 0 Å². The molecule has 0 aliphatic carbocycles. The lowest BCUT2D eigenvalue weighted by atomic mass is 9.97. The molecule has 1 aromatic rings. The van der Waals surface area contributed by atoms with Gasteiger partial charge in [0.2, 0.25) is 0 Å². The van der Waals surface area contributed by atoms with Gasteiger partial charge < -0.3 is 4.74 Å². The zero-order valence-corrected chi connectivity index (χ0v) is 11.0. The third-order valence-electron chi connectivity index (χ3n) is 3.99. The number of nitrogens with zero attached hydrogens (tertiary/aromatic N) is 1. The molecule has 3 nitrogen and oxygen atoms in total. The highest BCUT2D eigenvalue weighted by atomic mass is 16.7. The van der Waals surface area contributed by atoms with Gasteiger partial charge >= 0.3 is 0 Å². The lowest BCUT2D eigenvalue weighted by Gasteiger charge is -2.26. The van der Waals surface area contributed by atoms with Crippen molar-refractivity contribution in [2.24, 2.45) is 0 Å². The van der Waals surface area contributed by atoms with Gasteiger partial charge in [-0.15, -0.1) is 0 Å². The Bertz CT molecular complexity index is 393. The highest BCUT2D eigenvalue weighted by Crippen LogP contribution is 2.31. The summed E-state index contributed by atoms with van der Waals surface area (Å²) in [5.74, 6) is 0.934. The molecule has 0 N–H and O–H groups in total. The van der Waals surface area contributed by atoms with E-state index in [0.29, 0.717) is 12.1 Å². The van der Waals surface area contributed by atoms with Crippen molar-refractivity contribution in [3.05, 3.63) is 29.8 Å². The highest BCUT2D eigenvalue weighted by molar-refractivity contribution is 5.28. The van der Waals surface area contributed by atoms with Crippen LogP contribution in [0.5, 0.6) is 5.75 Å². The average molecular weight is 247 g/mol. The Hall–Kier alpha value is -1.06. The first-order valence-corrected chi connectivity index (χ1v) is 6.91. The van der Waals surface area contributed by atoms with Crippen molar-refractivity contribution in [1.29, 1.82) is 0 Å². The minimum atomic E-state index is 0.347. The van der Waals surface area contributed by atoms with Crippen LogP contribution in [0.3, 0.4) is 0 Å². The second-order valence-corrected chi connectivity index (χ2v) is 5.31. The quantitative estimate of drug-likeness (QED) is 0.820. The Morgan fingerprint density at radius 2 is 2.33 bits per heavy atom. The summed E-state index contributed by atoms with van der Waals surface area (Å²) in [7, 11) is 1.71. The van der Waals surface area contributed by atoms with Crippen molar-refractivity contribution in [2.75, 3.05) is 13.7 Å². The number of ether oxygens (including phenoxy) is 1. The van der Waals surface area contributed by atoms with Gasteiger partial charge in [-0.2, -0.15) is 5.06 Å². The molecule has 0 spiro atoms. The van der Waals surface area contributed by atoms with Gasteiger partial charge in [0, 0.05) is 19.0 Å². The van der Waals surface area contributed by atoms with Crippen molar-refractivity contribution in [2.45, 2.75) is 44.2 Å². The van der Waals surface area contributed by atoms with E-state index in [0.717, 1.165) is 18.7 Å². The molecule has 0 saturated carbocycles. The molecule has 2 fully saturated rings. The molecule has 18 heavy (non-hydrogen) atoms. The summed E-state index contributed by atoms with van der Waals surface area (Å²) < 4.78 is 5.26. The van der Waals surface area contributed by atoms with E-state index < -0.39 is 0 Å². The molecule has 0 aromatic heterocycles. The second-order valence-electron chi connectivity index (χ2n) is 5.31. The molecule has 0 radical (unpaired) electrons. The standard InChI is InChI=1S/C15H21NO2/c1-17-14-7-4-5-12(9-14)10-15-11-13-6-2-3-8-16(13)18-15/h4-5,7,9,13,15H,2-3,6,8,10-11H2,1H3/t13-,15+/m0/s1. The molecule has 3 heteroatoms. The Morgan fingerprint density at radius 3 is 3.17 bits per heavy atom. The number of hydrogen-bond donors (Lipinski definition) is 0. The van der Waals surface area contributed by atoms with Crippen LogP contribution in [0.4, 0.5) is 0 Å².